The first kappa shape index (κ1) is 22.2. The van der Waals surface area contributed by atoms with Crippen LogP contribution < -0.4 is 4.74 Å². The van der Waals surface area contributed by atoms with Crippen molar-refractivity contribution in [3.63, 3.8) is 0 Å². The number of methoxy groups -OCH3 is 1. The number of oxime groups is 1. The Morgan fingerprint density at radius 2 is 2.00 bits per heavy atom. The second-order valence-electron chi connectivity index (χ2n) is 8.81. The summed E-state index contributed by atoms with van der Waals surface area (Å²) < 4.78 is 5.33. The van der Waals surface area contributed by atoms with E-state index in [2.05, 4.69) is 25.9 Å². The summed E-state index contributed by atoms with van der Waals surface area (Å²) in [5.74, 6) is 0.872. The zero-order chi connectivity index (χ0) is 21.7. The Labute approximate surface area is 183 Å². The van der Waals surface area contributed by atoms with Gasteiger partial charge in [0.15, 0.2) is 6.10 Å². The van der Waals surface area contributed by atoms with Crippen molar-refractivity contribution < 1.29 is 14.4 Å². The molecule has 0 saturated carbocycles. The van der Waals surface area contributed by atoms with Crippen LogP contribution in [-0.2, 0) is 16.2 Å². The highest BCUT2D eigenvalue weighted by Gasteiger charge is 2.29. The van der Waals surface area contributed by atoms with Crippen LogP contribution in [0.5, 0.6) is 5.75 Å². The smallest absolute Gasteiger partial charge is 0.223 e. The number of carbonyl (C=O) groups is 1. The van der Waals surface area contributed by atoms with Gasteiger partial charge in [-0.2, -0.15) is 0 Å². The average molecular weight is 429 g/mol. The summed E-state index contributed by atoms with van der Waals surface area (Å²) in [5.41, 5.74) is 2.61. The fourth-order valence-corrected chi connectivity index (χ4v) is 3.68. The van der Waals surface area contributed by atoms with E-state index in [4.69, 9.17) is 21.2 Å². The van der Waals surface area contributed by atoms with Crippen molar-refractivity contribution >= 4 is 23.2 Å². The predicted octanol–water partition coefficient (Wildman–Crippen LogP) is 5.31. The normalized spacial score (nSPS) is 16.0. The van der Waals surface area contributed by atoms with Crippen LogP contribution >= 0.6 is 11.6 Å². The summed E-state index contributed by atoms with van der Waals surface area (Å²) in [6.07, 6.45) is 0.870. The molecule has 1 heterocycles. The van der Waals surface area contributed by atoms with Crippen LogP contribution in [0.4, 0.5) is 0 Å². The molecule has 0 aromatic heterocycles. The fourth-order valence-electron chi connectivity index (χ4n) is 3.44. The topological polar surface area (TPSA) is 51.1 Å². The van der Waals surface area contributed by atoms with E-state index in [0.717, 1.165) is 22.6 Å². The lowest BCUT2D eigenvalue weighted by atomic mass is 9.91. The Hall–Kier alpha value is -2.53. The zero-order valence-electron chi connectivity index (χ0n) is 18.0. The predicted molar refractivity (Wildman–Crippen MR) is 120 cm³/mol. The fraction of sp³-hybridized carbons (Fsp3) is 0.417. The minimum Gasteiger partial charge on any atom is -0.497 e. The highest BCUT2D eigenvalue weighted by molar-refractivity contribution is 6.34. The van der Waals surface area contributed by atoms with Crippen LogP contribution in [0.1, 0.15) is 44.7 Å². The van der Waals surface area contributed by atoms with Crippen LogP contribution in [0, 0.1) is 5.41 Å². The summed E-state index contributed by atoms with van der Waals surface area (Å²) in [6.45, 7) is 7.16. The second-order valence-corrected chi connectivity index (χ2v) is 9.22. The van der Waals surface area contributed by atoms with E-state index < -0.39 is 0 Å². The molecule has 5 nitrogen and oxygen atoms in total. The van der Waals surface area contributed by atoms with Gasteiger partial charge in [-0.25, -0.2) is 0 Å². The minimum absolute atomic E-state index is 0.0973. The maximum Gasteiger partial charge on any atom is 0.223 e. The molecule has 30 heavy (non-hydrogen) atoms. The van der Waals surface area contributed by atoms with Gasteiger partial charge in [0.2, 0.25) is 5.91 Å². The Bertz CT molecular complexity index is 921. The maximum absolute atomic E-state index is 13.1. The average Bonchev–Trinajstić information content (AvgIpc) is 3.15. The molecule has 0 N–H and O–H groups in total. The first-order valence-corrected chi connectivity index (χ1v) is 10.5. The number of benzene rings is 2. The number of carbonyl (C=O) groups excluding carboxylic acids is 1. The number of nitrogens with zero attached hydrogens (tertiary/aromatic N) is 2. The largest absolute Gasteiger partial charge is 0.497 e. The van der Waals surface area contributed by atoms with Gasteiger partial charge < -0.3 is 14.5 Å². The van der Waals surface area contributed by atoms with Crippen molar-refractivity contribution in [2.75, 3.05) is 13.7 Å². The first-order chi connectivity index (χ1) is 14.2. The van der Waals surface area contributed by atoms with Crippen molar-refractivity contribution in [3.8, 4) is 5.75 Å². The van der Waals surface area contributed by atoms with Gasteiger partial charge in [-0.3, -0.25) is 4.79 Å². The van der Waals surface area contributed by atoms with Gasteiger partial charge in [-0.05, 0) is 29.2 Å². The molecule has 3 rings (SSSR count). The molecular weight excluding hydrogens is 400 g/mol. The SMILES string of the molecule is COc1cccc(CN(C[C@@H]2CC(c3ccccc3Cl)=NO2)C(=O)CC(C)(C)C)c1. The van der Waals surface area contributed by atoms with Gasteiger partial charge in [0.1, 0.15) is 5.75 Å². The maximum atomic E-state index is 13.1. The molecule has 2 aromatic carbocycles. The molecule has 0 fully saturated rings. The molecule has 1 atom stereocenters. The lowest BCUT2D eigenvalue weighted by Gasteiger charge is -2.28. The second kappa shape index (κ2) is 9.52. The van der Waals surface area contributed by atoms with E-state index in [1.165, 1.54) is 0 Å². The summed E-state index contributed by atoms with van der Waals surface area (Å²) in [4.78, 5) is 20.6. The Morgan fingerprint density at radius 3 is 2.70 bits per heavy atom. The number of rotatable bonds is 7. The van der Waals surface area contributed by atoms with Crippen molar-refractivity contribution in [1.82, 2.24) is 4.90 Å². The lowest BCUT2D eigenvalue weighted by molar-refractivity contribution is -0.135. The van der Waals surface area contributed by atoms with Gasteiger partial charge in [0, 0.05) is 30.0 Å². The third-order valence-corrected chi connectivity index (χ3v) is 5.21. The molecule has 1 amide bonds. The lowest BCUT2D eigenvalue weighted by Crippen LogP contribution is -2.38. The molecule has 6 heteroatoms. The number of ether oxygens (including phenoxy) is 1. The Kier molecular flexibility index (Phi) is 7.03. The molecule has 2 aromatic rings. The van der Waals surface area contributed by atoms with Gasteiger partial charge >= 0.3 is 0 Å². The van der Waals surface area contributed by atoms with Crippen LogP contribution in [0.25, 0.3) is 0 Å². The molecule has 0 radical (unpaired) electrons. The number of amides is 1. The van der Waals surface area contributed by atoms with Crippen molar-refractivity contribution in [2.24, 2.45) is 10.6 Å². The van der Waals surface area contributed by atoms with E-state index in [-0.39, 0.29) is 17.4 Å². The monoisotopic (exact) mass is 428 g/mol. The Morgan fingerprint density at radius 1 is 1.23 bits per heavy atom. The standard InChI is InChI=1S/C24H29ClN2O3/c1-24(2,3)14-23(28)27(15-17-8-7-9-18(12-17)29-4)16-19-13-22(26-30-19)20-10-5-6-11-21(20)25/h5-12,19H,13-16H2,1-4H3/t19-/m0/s1. The molecular formula is C24H29ClN2O3. The summed E-state index contributed by atoms with van der Waals surface area (Å²) >= 11 is 6.30. The first-order valence-electron chi connectivity index (χ1n) is 10.1. The molecule has 160 valence electrons. The number of halogens is 1. The third kappa shape index (κ3) is 5.99. The third-order valence-electron chi connectivity index (χ3n) is 4.88. The number of hydrogen-bond donors (Lipinski definition) is 0. The Balaban J connectivity index is 1.72. The molecule has 0 saturated heterocycles. The molecule has 1 aliphatic heterocycles. The van der Waals surface area contributed by atoms with Crippen molar-refractivity contribution in [1.29, 1.82) is 0 Å². The van der Waals surface area contributed by atoms with Crippen LogP contribution in [-0.4, -0.2) is 36.3 Å². The van der Waals surface area contributed by atoms with Crippen LogP contribution in [0.2, 0.25) is 5.02 Å². The van der Waals surface area contributed by atoms with E-state index in [9.17, 15) is 4.79 Å². The summed E-state index contributed by atoms with van der Waals surface area (Å²) in [5, 5.41) is 4.89. The van der Waals surface area contributed by atoms with Gasteiger partial charge in [-0.1, -0.05) is 67.9 Å². The highest BCUT2D eigenvalue weighted by atomic mass is 35.5. The van der Waals surface area contributed by atoms with E-state index >= 15 is 0 Å². The van der Waals surface area contributed by atoms with Crippen LogP contribution in [0.15, 0.2) is 53.7 Å². The quantitative estimate of drug-likeness (QED) is 0.600. The molecule has 0 spiro atoms. The molecule has 0 bridgehead atoms. The number of hydrogen-bond acceptors (Lipinski definition) is 4. The van der Waals surface area contributed by atoms with Gasteiger partial charge in [0.05, 0.1) is 19.4 Å². The van der Waals surface area contributed by atoms with E-state index in [1.807, 2.05) is 53.4 Å². The summed E-state index contributed by atoms with van der Waals surface area (Å²) in [7, 11) is 1.64. The van der Waals surface area contributed by atoms with Gasteiger partial charge in [-0.15, -0.1) is 0 Å². The summed E-state index contributed by atoms with van der Waals surface area (Å²) in [6, 6.07) is 15.4. The van der Waals surface area contributed by atoms with E-state index in [0.29, 0.717) is 31.0 Å². The molecule has 0 aliphatic carbocycles. The van der Waals surface area contributed by atoms with Crippen molar-refractivity contribution in [3.05, 3.63) is 64.7 Å². The molecule has 1 aliphatic rings. The van der Waals surface area contributed by atoms with E-state index in [1.54, 1.807) is 7.11 Å². The van der Waals surface area contributed by atoms with Crippen LogP contribution in [0.3, 0.4) is 0 Å². The minimum atomic E-state index is -0.203. The van der Waals surface area contributed by atoms with Crippen molar-refractivity contribution in [2.45, 2.75) is 46.3 Å². The molecule has 0 unspecified atom stereocenters. The zero-order valence-corrected chi connectivity index (χ0v) is 18.8. The van der Waals surface area contributed by atoms with Gasteiger partial charge in [0.25, 0.3) is 0 Å². The highest BCUT2D eigenvalue weighted by Crippen LogP contribution is 2.26.